The number of methoxy groups -OCH3 is 1. The second kappa shape index (κ2) is 9.18. The van der Waals surface area contributed by atoms with Crippen molar-refractivity contribution >= 4 is 17.8 Å². The van der Waals surface area contributed by atoms with E-state index in [1.807, 2.05) is 18.2 Å². The van der Waals surface area contributed by atoms with Crippen molar-refractivity contribution in [3.05, 3.63) is 63.7 Å². The van der Waals surface area contributed by atoms with Gasteiger partial charge in [0.15, 0.2) is 11.5 Å². The quantitative estimate of drug-likeness (QED) is 0.399. The molecule has 0 aromatic heterocycles. The Morgan fingerprint density at radius 2 is 1.86 bits per heavy atom. The van der Waals surface area contributed by atoms with Crippen molar-refractivity contribution in [2.24, 2.45) is 5.10 Å². The number of hydrogen-bond donors (Lipinski definition) is 0. The van der Waals surface area contributed by atoms with Gasteiger partial charge in [0, 0.05) is 24.7 Å². The maximum Gasteiger partial charge on any atom is 0.273 e. The van der Waals surface area contributed by atoms with Crippen LogP contribution in [0.25, 0.3) is 0 Å². The van der Waals surface area contributed by atoms with Crippen LogP contribution in [0.2, 0.25) is 0 Å². The lowest BCUT2D eigenvalue weighted by atomic mass is 10.2. The van der Waals surface area contributed by atoms with Crippen LogP contribution in [0.15, 0.2) is 47.6 Å². The standard InChI is InChI=1S/C21H23N3O5/c1-23(21(25)16-8-10-17(11-9-16)24(26)27)22-14-15-7-12-19(28-2)20(13-15)29-18-5-3-4-6-18/h7-14,18H,3-6H2,1-2H3/b22-14+. The van der Waals surface area contributed by atoms with E-state index in [4.69, 9.17) is 9.47 Å². The molecule has 0 atom stereocenters. The van der Waals surface area contributed by atoms with Crippen LogP contribution >= 0.6 is 0 Å². The van der Waals surface area contributed by atoms with Crippen LogP contribution in [-0.4, -0.2) is 42.3 Å². The van der Waals surface area contributed by atoms with Crippen LogP contribution in [0.3, 0.4) is 0 Å². The molecule has 1 aliphatic carbocycles. The zero-order valence-electron chi connectivity index (χ0n) is 16.4. The molecule has 8 nitrogen and oxygen atoms in total. The molecule has 1 fully saturated rings. The molecule has 2 aromatic rings. The fraction of sp³-hybridized carbons (Fsp3) is 0.333. The van der Waals surface area contributed by atoms with Gasteiger partial charge in [0.1, 0.15) is 0 Å². The number of carbonyl (C=O) groups is 1. The van der Waals surface area contributed by atoms with Gasteiger partial charge < -0.3 is 9.47 Å². The molecule has 0 heterocycles. The van der Waals surface area contributed by atoms with E-state index in [9.17, 15) is 14.9 Å². The number of hydrogen-bond acceptors (Lipinski definition) is 6. The van der Waals surface area contributed by atoms with E-state index in [1.54, 1.807) is 13.3 Å². The van der Waals surface area contributed by atoms with E-state index in [0.717, 1.165) is 18.4 Å². The highest BCUT2D eigenvalue weighted by molar-refractivity contribution is 5.95. The van der Waals surface area contributed by atoms with Crippen LogP contribution in [0, 0.1) is 10.1 Å². The molecule has 1 amide bonds. The van der Waals surface area contributed by atoms with Crippen molar-refractivity contribution in [2.75, 3.05) is 14.2 Å². The van der Waals surface area contributed by atoms with Gasteiger partial charge >= 0.3 is 0 Å². The van der Waals surface area contributed by atoms with Crippen LogP contribution in [0.4, 0.5) is 5.69 Å². The topological polar surface area (TPSA) is 94.3 Å². The Morgan fingerprint density at radius 3 is 2.48 bits per heavy atom. The number of nitro benzene ring substituents is 1. The first-order chi connectivity index (χ1) is 14.0. The molecule has 0 radical (unpaired) electrons. The summed E-state index contributed by atoms with van der Waals surface area (Å²) in [5, 5.41) is 16.1. The number of rotatable bonds is 7. The van der Waals surface area contributed by atoms with Gasteiger partial charge in [-0.25, -0.2) is 5.01 Å². The molecule has 0 N–H and O–H groups in total. The average Bonchev–Trinajstić information content (AvgIpc) is 3.24. The molecule has 0 aliphatic heterocycles. The van der Waals surface area contributed by atoms with Gasteiger partial charge in [0.2, 0.25) is 0 Å². The van der Waals surface area contributed by atoms with Crippen molar-refractivity contribution < 1.29 is 19.2 Å². The molecule has 0 saturated heterocycles. The number of hydrazone groups is 1. The van der Waals surface area contributed by atoms with Crippen molar-refractivity contribution in [3.63, 3.8) is 0 Å². The van der Waals surface area contributed by atoms with Gasteiger partial charge in [-0.05, 0) is 61.6 Å². The second-order valence-electron chi connectivity index (χ2n) is 6.81. The van der Waals surface area contributed by atoms with Gasteiger partial charge in [-0.1, -0.05) is 0 Å². The van der Waals surface area contributed by atoms with E-state index in [0.29, 0.717) is 17.1 Å². The van der Waals surface area contributed by atoms with Crippen LogP contribution in [0.5, 0.6) is 11.5 Å². The van der Waals surface area contributed by atoms with Gasteiger partial charge in [-0.3, -0.25) is 14.9 Å². The first-order valence-electron chi connectivity index (χ1n) is 9.39. The van der Waals surface area contributed by atoms with E-state index in [1.165, 1.54) is 49.2 Å². The number of amides is 1. The maximum absolute atomic E-state index is 12.4. The normalized spacial score (nSPS) is 14.1. The monoisotopic (exact) mass is 397 g/mol. The summed E-state index contributed by atoms with van der Waals surface area (Å²) in [6.07, 6.45) is 6.17. The summed E-state index contributed by atoms with van der Waals surface area (Å²) in [5.74, 6) is 0.948. The molecule has 8 heteroatoms. The predicted octanol–water partition coefficient (Wildman–Crippen LogP) is 4.03. The summed E-state index contributed by atoms with van der Waals surface area (Å²) >= 11 is 0. The van der Waals surface area contributed by atoms with E-state index in [-0.39, 0.29) is 17.7 Å². The zero-order chi connectivity index (χ0) is 20.8. The van der Waals surface area contributed by atoms with Crippen molar-refractivity contribution in [2.45, 2.75) is 31.8 Å². The average molecular weight is 397 g/mol. The van der Waals surface area contributed by atoms with Crippen LogP contribution in [-0.2, 0) is 0 Å². The maximum atomic E-state index is 12.4. The number of benzene rings is 2. The number of non-ortho nitro benzene ring substituents is 1. The number of ether oxygens (including phenoxy) is 2. The molecular formula is C21H23N3O5. The Hall–Kier alpha value is -3.42. The largest absolute Gasteiger partial charge is 0.493 e. The van der Waals surface area contributed by atoms with Crippen molar-refractivity contribution in [1.29, 1.82) is 0 Å². The Labute approximate surface area is 168 Å². The first kappa shape index (κ1) is 20.3. The van der Waals surface area contributed by atoms with E-state index >= 15 is 0 Å². The minimum atomic E-state index is -0.509. The molecule has 2 aromatic carbocycles. The lowest BCUT2D eigenvalue weighted by Gasteiger charge is -2.16. The minimum absolute atomic E-state index is 0.0688. The summed E-state index contributed by atoms with van der Waals surface area (Å²) in [7, 11) is 3.13. The Morgan fingerprint density at radius 1 is 1.17 bits per heavy atom. The Balaban J connectivity index is 1.70. The molecule has 0 spiro atoms. The SMILES string of the molecule is COc1ccc(/C=N/N(C)C(=O)c2ccc([N+](=O)[O-])cc2)cc1OC1CCCC1. The fourth-order valence-electron chi connectivity index (χ4n) is 3.17. The Kier molecular flexibility index (Phi) is 6.43. The van der Waals surface area contributed by atoms with Crippen LogP contribution in [0.1, 0.15) is 41.6 Å². The summed E-state index contributed by atoms with van der Waals surface area (Å²) < 4.78 is 11.4. The molecule has 0 unspecified atom stereocenters. The van der Waals surface area contributed by atoms with Crippen molar-refractivity contribution in [1.82, 2.24) is 5.01 Å². The van der Waals surface area contributed by atoms with Gasteiger partial charge in [-0.15, -0.1) is 0 Å². The second-order valence-corrected chi connectivity index (χ2v) is 6.81. The third kappa shape index (κ3) is 5.10. The molecular weight excluding hydrogens is 374 g/mol. The fourth-order valence-corrected chi connectivity index (χ4v) is 3.17. The van der Waals surface area contributed by atoms with Gasteiger partial charge in [0.25, 0.3) is 11.6 Å². The number of nitro groups is 1. The summed E-state index contributed by atoms with van der Waals surface area (Å²) in [6.45, 7) is 0. The highest BCUT2D eigenvalue weighted by Crippen LogP contribution is 2.32. The third-order valence-corrected chi connectivity index (χ3v) is 4.78. The molecule has 152 valence electrons. The van der Waals surface area contributed by atoms with Crippen molar-refractivity contribution in [3.8, 4) is 11.5 Å². The first-order valence-corrected chi connectivity index (χ1v) is 9.39. The summed E-state index contributed by atoms with van der Waals surface area (Å²) in [4.78, 5) is 22.7. The lowest BCUT2D eigenvalue weighted by molar-refractivity contribution is -0.384. The lowest BCUT2D eigenvalue weighted by Crippen LogP contribution is -2.21. The van der Waals surface area contributed by atoms with E-state index in [2.05, 4.69) is 5.10 Å². The highest BCUT2D eigenvalue weighted by atomic mass is 16.6. The smallest absolute Gasteiger partial charge is 0.273 e. The number of carbonyl (C=O) groups excluding carboxylic acids is 1. The Bertz CT molecular complexity index is 905. The zero-order valence-corrected chi connectivity index (χ0v) is 16.4. The molecule has 29 heavy (non-hydrogen) atoms. The van der Waals surface area contributed by atoms with Gasteiger partial charge in [-0.2, -0.15) is 5.10 Å². The molecule has 3 rings (SSSR count). The summed E-state index contributed by atoms with van der Waals surface area (Å²) in [5.41, 5.74) is 1.01. The third-order valence-electron chi connectivity index (χ3n) is 4.78. The highest BCUT2D eigenvalue weighted by Gasteiger charge is 2.18. The van der Waals surface area contributed by atoms with Crippen LogP contribution < -0.4 is 9.47 Å². The molecule has 0 bridgehead atoms. The predicted molar refractivity (Wildman–Crippen MR) is 109 cm³/mol. The molecule has 1 aliphatic rings. The minimum Gasteiger partial charge on any atom is -0.493 e. The summed E-state index contributed by atoms with van der Waals surface area (Å²) in [6, 6.07) is 10.9. The number of nitrogens with zero attached hydrogens (tertiary/aromatic N) is 3. The van der Waals surface area contributed by atoms with Gasteiger partial charge in [0.05, 0.1) is 24.4 Å². The van der Waals surface area contributed by atoms with E-state index < -0.39 is 4.92 Å². The molecule has 1 saturated carbocycles.